The highest BCUT2D eigenvalue weighted by Gasteiger charge is 2.33. The second kappa shape index (κ2) is 6.08. The summed E-state index contributed by atoms with van der Waals surface area (Å²) >= 11 is 1.86. The molecule has 106 valence electrons. The summed E-state index contributed by atoms with van der Waals surface area (Å²) in [6.45, 7) is 1.10. The predicted octanol–water partition coefficient (Wildman–Crippen LogP) is 3.31. The van der Waals surface area contributed by atoms with Gasteiger partial charge in [0.05, 0.1) is 0 Å². The first kappa shape index (κ1) is 13.8. The lowest BCUT2D eigenvalue weighted by molar-refractivity contribution is 0.304. The van der Waals surface area contributed by atoms with Crippen LogP contribution in [0.15, 0.2) is 47.8 Å². The third-order valence-corrected chi connectivity index (χ3v) is 5.33. The Morgan fingerprint density at radius 2 is 2.05 bits per heavy atom. The molecule has 1 aliphatic rings. The number of benzene rings is 1. The summed E-state index contributed by atoms with van der Waals surface area (Å²) in [5, 5.41) is 2.16. The van der Waals surface area contributed by atoms with Gasteiger partial charge in [-0.1, -0.05) is 36.4 Å². The van der Waals surface area contributed by atoms with E-state index < -0.39 is 0 Å². The molecule has 0 aliphatic carbocycles. The fourth-order valence-corrected chi connectivity index (χ4v) is 4.01. The van der Waals surface area contributed by atoms with Crippen LogP contribution >= 0.6 is 11.3 Å². The van der Waals surface area contributed by atoms with E-state index in [0.717, 1.165) is 13.0 Å². The molecule has 0 amide bonds. The van der Waals surface area contributed by atoms with Crippen molar-refractivity contribution in [3.8, 4) is 0 Å². The second-order valence-corrected chi connectivity index (χ2v) is 6.84. The smallest absolute Gasteiger partial charge is 0.0336 e. The molecular weight excluding hydrogens is 264 g/mol. The van der Waals surface area contributed by atoms with E-state index >= 15 is 0 Å². The standard InChI is InChI=1S/C17H22N2S/c1-19-12-14(17(18)13-6-3-2-4-7-13)10-15(19)11-16-8-5-9-20-16/h2-9,14-15,17H,10-12,18H2,1H3. The lowest BCUT2D eigenvalue weighted by Crippen LogP contribution is -2.27. The van der Waals surface area contributed by atoms with Gasteiger partial charge < -0.3 is 10.6 Å². The number of likely N-dealkylation sites (tertiary alicyclic amines) is 1. The number of thiophene rings is 1. The Morgan fingerprint density at radius 1 is 1.25 bits per heavy atom. The first-order valence-corrected chi connectivity index (χ1v) is 8.15. The van der Waals surface area contributed by atoms with Crippen molar-refractivity contribution in [2.45, 2.75) is 24.9 Å². The SMILES string of the molecule is CN1CC(C(N)c2ccccc2)CC1Cc1cccs1. The Morgan fingerprint density at radius 3 is 2.75 bits per heavy atom. The molecular formula is C17H22N2S. The summed E-state index contributed by atoms with van der Waals surface area (Å²) in [7, 11) is 2.23. The molecule has 1 aromatic carbocycles. The van der Waals surface area contributed by atoms with Gasteiger partial charge in [0.2, 0.25) is 0 Å². The Hall–Kier alpha value is -1.16. The van der Waals surface area contributed by atoms with Crippen LogP contribution in [-0.2, 0) is 6.42 Å². The van der Waals surface area contributed by atoms with Gasteiger partial charge in [-0.25, -0.2) is 0 Å². The van der Waals surface area contributed by atoms with Gasteiger partial charge in [0, 0.05) is 23.5 Å². The molecule has 0 saturated carbocycles. The molecule has 1 saturated heterocycles. The van der Waals surface area contributed by atoms with Crippen molar-refractivity contribution in [1.82, 2.24) is 4.90 Å². The topological polar surface area (TPSA) is 29.3 Å². The number of nitrogens with two attached hydrogens (primary N) is 1. The maximum absolute atomic E-state index is 6.47. The normalized spacial score (nSPS) is 24.9. The molecule has 1 aromatic heterocycles. The van der Waals surface area contributed by atoms with Crippen LogP contribution in [-0.4, -0.2) is 24.5 Å². The maximum Gasteiger partial charge on any atom is 0.0336 e. The van der Waals surface area contributed by atoms with E-state index in [-0.39, 0.29) is 6.04 Å². The zero-order chi connectivity index (χ0) is 13.9. The molecule has 2 nitrogen and oxygen atoms in total. The molecule has 3 atom stereocenters. The first-order chi connectivity index (χ1) is 9.74. The van der Waals surface area contributed by atoms with Crippen LogP contribution in [0.3, 0.4) is 0 Å². The third-order valence-electron chi connectivity index (χ3n) is 4.43. The Kier molecular flexibility index (Phi) is 4.20. The molecule has 0 spiro atoms. The highest BCUT2D eigenvalue weighted by molar-refractivity contribution is 7.09. The van der Waals surface area contributed by atoms with Crippen molar-refractivity contribution in [2.24, 2.45) is 11.7 Å². The number of hydrogen-bond donors (Lipinski definition) is 1. The van der Waals surface area contributed by atoms with Gasteiger partial charge in [0.25, 0.3) is 0 Å². The van der Waals surface area contributed by atoms with Gasteiger partial charge in [0.1, 0.15) is 0 Å². The second-order valence-electron chi connectivity index (χ2n) is 5.81. The number of rotatable bonds is 4. The van der Waals surface area contributed by atoms with E-state index in [4.69, 9.17) is 5.73 Å². The van der Waals surface area contributed by atoms with E-state index in [1.807, 2.05) is 11.3 Å². The van der Waals surface area contributed by atoms with Gasteiger partial charge in [-0.2, -0.15) is 0 Å². The van der Waals surface area contributed by atoms with Gasteiger partial charge >= 0.3 is 0 Å². The Bertz CT molecular complexity index is 523. The minimum absolute atomic E-state index is 0.159. The molecule has 3 heteroatoms. The summed E-state index contributed by atoms with van der Waals surface area (Å²) in [6.07, 6.45) is 2.36. The summed E-state index contributed by atoms with van der Waals surface area (Å²) < 4.78 is 0. The molecule has 2 N–H and O–H groups in total. The van der Waals surface area contributed by atoms with Crippen molar-refractivity contribution in [1.29, 1.82) is 0 Å². The highest BCUT2D eigenvalue weighted by atomic mass is 32.1. The predicted molar refractivity (Wildman–Crippen MR) is 85.9 cm³/mol. The van der Waals surface area contributed by atoms with Crippen LogP contribution in [0.4, 0.5) is 0 Å². The van der Waals surface area contributed by atoms with Gasteiger partial charge in [-0.05, 0) is 42.8 Å². The average molecular weight is 286 g/mol. The minimum Gasteiger partial charge on any atom is -0.324 e. The molecule has 2 aromatic rings. The van der Waals surface area contributed by atoms with E-state index in [1.54, 1.807) is 0 Å². The number of likely N-dealkylation sites (N-methyl/N-ethyl adjacent to an activating group) is 1. The van der Waals surface area contributed by atoms with Crippen LogP contribution < -0.4 is 5.73 Å². The summed E-state index contributed by atoms with van der Waals surface area (Å²) in [4.78, 5) is 3.96. The molecule has 0 radical (unpaired) electrons. The van der Waals surface area contributed by atoms with Crippen molar-refractivity contribution < 1.29 is 0 Å². The molecule has 1 fully saturated rings. The number of nitrogens with zero attached hydrogens (tertiary/aromatic N) is 1. The molecule has 3 unspecified atom stereocenters. The van der Waals surface area contributed by atoms with Crippen LogP contribution in [0.5, 0.6) is 0 Å². The lowest BCUT2D eigenvalue weighted by Gasteiger charge is -2.19. The quantitative estimate of drug-likeness (QED) is 0.934. The highest BCUT2D eigenvalue weighted by Crippen LogP contribution is 2.33. The minimum atomic E-state index is 0.159. The van der Waals surface area contributed by atoms with Gasteiger partial charge in [-0.15, -0.1) is 11.3 Å². The fourth-order valence-electron chi connectivity index (χ4n) is 3.23. The van der Waals surface area contributed by atoms with Crippen LogP contribution in [0.25, 0.3) is 0 Å². The first-order valence-electron chi connectivity index (χ1n) is 7.27. The van der Waals surface area contributed by atoms with Crippen molar-refractivity contribution in [3.05, 3.63) is 58.3 Å². The molecule has 2 heterocycles. The lowest BCUT2D eigenvalue weighted by atomic mass is 9.91. The van der Waals surface area contributed by atoms with Crippen molar-refractivity contribution in [3.63, 3.8) is 0 Å². The Balaban J connectivity index is 1.65. The van der Waals surface area contributed by atoms with Gasteiger partial charge in [-0.3, -0.25) is 0 Å². The summed E-state index contributed by atoms with van der Waals surface area (Å²) in [5.74, 6) is 0.562. The van der Waals surface area contributed by atoms with Crippen LogP contribution in [0.1, 0.15) is 22.9 Å². The van der Waals surface area contributed by atoms with Crippen LogP contribution in [0.2, 0.25) is 0 Å². The monoisotopic (exact) mass is 286 g/mol. The van der Waals surface area contributed by atoms with Gasteiger partial charge in [0.15, 0.2) is 0 Å². The van der Waals surface area contributed by atoms with E-state index in [0.29, 0.717) is 12.0 Å². The molecule has 20 heavy (non-hydrogen) atoms. The van der Waals surface area contributed by atoms with E-state index in [9.17, 15) is 0 Å². The third kappa shape index (κ3) is 2.95. The molecule has 1 aliphatic heterocycles. The zero-order valence-electron chi connectivity index (χ0n) is 11.9. The van der Waals surface area contributed by atoms with Crippen LogP contribution in [0, 0.1) is 5.92 Å². The summed E-state index contributed by atoms with van der Waals surface area (Å²) in [5.41, 5.74) is 7.74. The van der Waals surface area contributed by atoms with E-state index in [1.165, 1.54) is 16.9 Å². The fraction of sp³-hybridized carbons (Fsp3) is 0.412. The van der Waals surface area contributed by atoms with Crippen molar-refractivity contribution in [2.75, 3.05) is 13.6 Å². The number of hydrogen-bond acceptors (Lipinski definition) is 3. The molecule has 3 rings (SSSR count). The summed E-state index contributed by atoms with van der Waals surface area (Å²) in [6, 6.07) is 15.7. The van der Waals surface area contributed by atoms with E-state index in [2.05, 4.69) is 59.8 Å². The Labute approximate surface area is 125 Å². The van der Waals surface area contributed by atoms with Crippen molar-refractivity contribution >= 4 is 11.3 Å². The zero-order valence-corrected chi connectivity index (χ0v) is 12.7. The average Bonchev–Trinajstić information content (AvgIpc) is 3.10. The largest absolute Gasteiger partial charge is 0.324 e. The maximum atomic E-state index is 6.47. The molecule has 0 bridgehead atoms.